The standard InChI is InChI=1S/C20H27N3O5/c1-4-21-19(25)10-14-6-7-16-18(28-14)11-27-17-8-5-13(22-12(2)24)9-15(17)20(26)23(16)3/h5,8-9,14,16,18H,4,6-7,10-11H2,1-3H3,(H,21,25)(H,22,24)/t14-,16-,18-/m0/s1. The summed E-state index contributed by atoms with van der Waals surface area (Å²) in [6, 6.07) is 4.89. The molecule has 2 heterocycles. The predicted molar refractivity (Wildman–Crippen MR) is 103 cm³/mol. The van der Waals surface area contributed by atoms with Crippen molar-refractivity contribution < 1.29 is 23.9 Å². The first-order valence-electron chi connectivity index (χ1n) is 9.62. The van der Waals surface area contributed by atoms with Crippen molar-refractivity contribution in [3.63, 3.8) is 0 Å². The Morgan fingerprint density at radius 1 is 1.29 bits per heavy atom. The first kappa shape index (κ1) is 20.1. The number of carbonyl (C=O) groups is 3. The van der Waals surface area contributed by atoms with Crippen LogP contribution in [0.3, 0.4) is 0 Å². The Bertz CT molecular complexity index is 766. The van der Waals surface area contributed by atoms with Gasteiger partial charge in [0.05, 0.1) is 24.1 Å². The van der Waals surface area contributed by atoms with Gasteiger partial charge in [-0.3, -0.25) is 14.4 Å². The number of carbonyl (C=O) groups excluding carboxylic acids is 3. The fourth-order valence-corrected chi connectivity index (χ4v) is 3.78. The summed E-state index contributed by atoms with van der Waals surface area (Å²) in [5.74, 6) is 0.0472. The molecule has 0 aromatic heterocycles. The highest BCUT2D eigenvalue weighted by atomic mass is 16.5. The minimum absolute atomic E-state index is 0.0296. The summed E-state index contributed by atoms with van der Waals surface area (Å²) >= 11 is 0. The Labute approximate surface area is 164 Å². The molecule has 2 N–H and O–H groups in total. The van der Waals surface area contributed by atoms with Crippen LogP contribution < -0.4 is 15.4 Å². The summed E-state index contributed by atoms with van der Waals surface area (Å²) in [5.41, 5.74) is 0.965. The highest BCUT2D eigenvalue weighted by Gasteiger charge is 2.39. The summed E-state index contributed by atoms with van der Waals surface area (Å²) in [6.45, 7) is 4.19. The molecule has 1 aromatic rings. The maximum absolute atomic E-state index is 13.0. The van der Waals surface area contributed by atoms with Crippen LogP contribution in [0.15, 0.2) is 18.2 Å². The SMILES string of the molecule is CCNC(=O)C[C@@H]1CC[C@H]2[C@H](COc3ccc(NC(C)=O)cc3C(=O)N2C)O1. The molecule has 2 aliphatic heterocycles. The summed E-state index contributed by atoms with van der Waals surface area (Å²) < 4.78 is 12.0. The summed E-state index contributed by atoms with van der Waals surface area (Å²) in [7, 11) is 1.76. The monoisotopic (exact) mass is 389 g/mol. The van der Waals surface area contributed by atoms with Crippen molar-refractivity contribution in [2.24, 2.45) is 0 Å². The van der Waals surface area contributed by atoms with Crippen molar-refractivity contribution in [2.45, 2.75) is 51.4 Å². The Morgan fingerprint density at radius 3 is 2.79 bits per heavy atom. The number of hydrogen-bond acceptors (Lipinski definition) is 5. The molecular formula is C20H27N3O5. The van der Waals surface area contributed by atoms with E-state index in [1.807, 2.05) is 6.92 Å². The van der Waals surface area contributed by atoms with Crippen LogP contribution in [0, 0.1) is 0 Å². The van der Waals surface area contributed by atoms with E-state index in [4.69, 9.17) is 9.47 Å². The fourth-order valence-electron chi connectivity index (χ4n) is 3.78. The molecule has 0 spiro atoms. The number of hydrogen-bond donors (Lipinski definition) is 2. The largest absolute Gasteiger partial charge is 0.490 e. The highest BCUT2D eigenvalue weighted by Crippen LogP contribution is 2.32. The number of rotatable bonds is 4. The van der Waals surface area contributed by atoms with Gasteiger partial charge in [0.25, 0.3) is 5.91 Å². The van der Waals surface area contributed by atoms with Crippen molar-refractivity contribution in [2.75, 3.05) is 25.5 Å². The molecule has 0 unspecified atom stereocenters. The van der Waals surface area contributed by atoms with Crippen LogP contribution >= 0.6 is 0 Å². The fraction of sp³-hybridized carbons (Fsp3) is 0.550. The number of benzene rings is 1. The number of nitrogens with one attached hydrogen (secondary N) is 2. The Balaban J connectivity index is 1.77. The van der Waals surface area contributed by atoms with Crippen LogP contribution in [-0.2, 0) is 14.3 Å². The quantitative estimate of drug-likeness (QED) is 0.814. The van der Waals surface area contributed by atoms with E-state index in [2.05, 4.69) is 10.6 Å². The maximum atomic E-state index is 13.0. The first-order chi connectivity index (χ1) is 13.4. The van der Waals surface area contributed by atoms with Crippen LogP contribution in [-0.4, -0.2) is 61.1 Å². The molecule has 1 aromatic carbocycles. The van der Waals surface area contributed by atoms with E-state index in [1.165, 1.54) is 6.92 Å². The van der Waals surface area contributed by atoms with Gasteiger partial charge in [0, 0.05) is 26.2 Å². The van der Waals surface area contributed by atoms with Crippen LogP contribution in [0.2, 0.25) is 0 Å². The average molecular weight is 389 g/mol. The molecule has 0 saturated carbocycles. The third-order valence-electron chi connectivity index (χ3n) is 5.12. The molecule has 28 heavy (non-hydrogen) atoms. The predicted octanol–water partition coefficient (Wildman–Crippen LogP) is 1.55. The van der Waals surface area contributed by atoms with E-state index in [-0.39, 0.29) is 36.0 Å². The van der Waals surface area contributed by atoms with E-state index in [0.29, 0.717) is 43.0 Å². The molecule has 0 aliphatic carbocycles. The van der Waals surface area contributed by atoms with Gasteiger partial charge in [0.1, 0.15) is 18.5 Å². The Kier molecular flexibility index (Phi) is 6.18. The minimum atomic E-state index is -0.301. The second kappa shape index (κ2) is 8.60. The molecule has 0 bridgehead atoms. The lowest BCUT2D eigenvalue weighted by atomic mass is 9.94. The molecule has 1 saturated heterocycles. The normalized spacial score (nSPS) is 24.2. The lowest BCUT2D eigenvalue weighted by Crippen LogP contribution is -2.53. The smallest absolute Gasteiger partial charge is 0.257 e. The zero-order valence-corrected chi connectivity index (χ0v) is 16.5. The minimum Gasteiger partial charge on any atom is -0.490 e. The number of nitrogens with zero attached hydrogens (tertiary/aromatic N) is 1. The molecule has 3 amide bonds. The van der Waals surface area contributed by atoms with Gasteiger partial charge < -0.3 is 25.0 Å². The number of likely N-dealkylation sites (N-methyl/N-ethyl adjacent to an activating group) is 1. The number of amides is 3. The maximum Gasteiger partial charge on any atom is 0.257 e. The Morgan fingerprint density at radius 2 is 2.07 bits per heavy atom. The van der Waals surface area contributed by atoms with Gasteiger partial charge in [-0.15, -0.1) is 0 Å². The van der Waals surface area contributed by atoms with Gasteiger partial charge in [-0.05, 0) is 38.0 Å². The van der Waals surface area contributed by atoms with Crippen molar-refractivity contribution in [1.29, 1.82) is 0 Å². The van der Waals surface area contributed by atoms with Crippen LogP contribution in [0.4, 0.5) is 5.69 Å². The van der Waals surface area contributed by atoms with Gasteiger partial charge in [0.15, 0.2) is 0 Å². The van der Waals surface area contributed by atoms with Gasteiger partial charge >= 0.3 is 0 Å². The highest BCUT2D eigenvalue weighted by molar-refractivity contribution is 5.99. The van der Waals surface area contributed by atoms with Gasteiger partial charge in [-0.2, -0.15) is 0 Å². The zero-order chi connectivity index (χ0) is 20.3. The van der Waals surface area contributed by atoms with Crippen LogP contribution in [0.1, 0.15) is 43.5 Å². The molecule has 0 radical (unpaired) electrons. The average Bonchev–Trinajstić information content (AvgIpc) is 2.65. The molecular weight excluding hydrogens is 362 g/mol. The summed E-state index contributed by atoms with van der Waals surface area (Å²) in [4.78, 5) is 37.9. The lowest BCUT2D eigenvalue weighted by molar-refractivity contribution is -0.134. The number of fused-ring (bicyclic) bond motifs is 2. The van der Waals surface area contributed by atoms with Crippen molar-refractivity contribution in [3.8, 4) is 5.75 Å². The van der Waals surface area contributed by atoms with E-state index in [0.717, 1.165) is 6.42 Å². The van der Waals surface area contributed by atoms with E-state index >= 15 is 0 Å². The van der Waals surface area contributed by atoms with E-state index < -0.39 is 0 Å². The lowest BCUT2D eigenvalue weighted by Gasteiger charge is -2.42. The zero-order valence-electron chi connectivity index (χ0n) is 16.5. The second-order valence-electron chi connectivity index (χ2n) is 7.22. The van der Waals surface area contributed by atoms with E-state index in [9.17, 15) is 14.4 Å². The number of ether oxygens (including phenoxy) is 2. The van der Waals surface area contributed by atoms with Gasteiger partial charge in [0.2, 0.25) is 11.8 Å². The summed E-state index contributed by atoms with van der Waals surface area (Å²) in [6.07, 6.45) is 1.27. The number of anilines is 1. The second-order valence-corrected chi connectivity index (χ2v) is 7.22. The molecule has 8 nitrogen and oxygen atoms in total. The molecule has 3 atom stereocenters. The molecule has 1 fully saturated rings. The molecule has 3 rings (SSSR count). The van der Waals surface area contributed by atoms with Crippen molar-refractivity contribution in [3.05, 3.63) is 23.8 Å². The van der Waals surface area contributed by atoms with Crippen molar-refractivity contribution >= 4 is 23.4 Å². The third kappa shape index (κ3) is 4.44. The van der Waals surface area contributed by atoms with Crippen LogP contribution in [0.25, 0.3) is 0 Å². The summed E-state index contributed by atoms with van der Waals surface area (Å²) in [5, 5.41) is 5.48. The van der Waals surface area contributed by atoms with E-state index in [1.54, 1.807) is 30.1 Å². The van der Waals surface area contributed by atoms with Gasteiger partial charge in [-0.1, -0.05) is 0 Å². The Hall–Kier alpha value is -2.61. The molecule has 2 aliphatic rings. The molecule has 8 heteroatoms. The topological polar surface area (TPSA) is 97.0 Å². The van der Waals surface area contributed by atoms with Crippen LogP contribution in [0.5, 0.6) is 5.75 Å². The van der Waals surface area contributed by atoms with Gasteiger partial charge in [-0.25, -0.2) is 0 Å². The van der Waals surface area contributed by atoms with Crippen molar-refractivity contribution in [1.82, 2.24) is 10.2 Å². The third-order valence-corrected chi connectivity index (χ3v) is 5.12. The molecule has 152 valence electrons. The first-order valence-corrected chi connectivity index (χ1v) is 9.62.